The van der Waals surface area contributed by atoms with Gasteiger partial charge in [0, 0.05) is 11.4 Å². The van der Waals surface area contributed by atoms with Gasteiger partial charge in [0.2, 0.25) is 0 Å². The average Bonchev–Trinajstić information content (AvgIpc) is 2.39. The van der Waals surface area contributed by atoms with Gasteiger partial charge in [-0.1, -0.05) is 27.2 Å². The van der Waals surface area contributed by atoms with Crippen LogP contribution in [0, 0.1) is 5.92 Å². The van der Waals surface area contributed by atoms with Crippen molar-refractivity contribution in [3.05, 3.63) is 24.3 Å². The maximum absolute atomic E-state index is 6.06. The third kappa shape index (κ3) is 6.88. The summed E-state index contributed by atoms with van der Waals surface area (Å²) in [5.74, 6) is 1.66. The van der Waals surface area contributed by atoms with E-state index in [1.165, 1.54) is 4.90 Å². The summed E-state index contributed by atoms with van der Waals surface area (Å²) in [6, 6.07) is 8.36. The molecule has 0 fully saturated rings. The monoisotopic (exact) mass is 281 g/mol. The predicted octanol–water partition coefficient (Wildman–Crippen LogP) is 4.20. The molecule has 1 aromatic carbocycles. The molecule has 1 rings (SSSR count). The fourth-order valence-electron chi connectivity index (χ4n) is 1.90. The predicted molar refractivity (Wildman–Crippen MR) is 85.3 cm³/mol. The lowest BCUT2D eigenvalue weighted by atomic mass is 10.2. The normalized spacial score (nSPS) is 12.7. The Morgan fingerprint density at radius 2 is 1.84 bits per heavy atom. The van der Waals surface area contributed by atoms with Crippen molar-refractivity contribution in [1.29, 1.82) is 0 Å². The Bertz CT molecular complexity index is 337. The first-order valence-corrected chi connectivity index (χ1v) is 8.39. The zero-order valence-electron chi connectivity index (χ0n) is 12.6. The minimum atomic E-state index is 0.267. The number of nitrogens with one attached hydrogen (secondary N) is 1. The van der Waals surface area contributed by atoms with Gasteiger partial charge >= 0.3 is 0 Å². The van der Waals surface area contributed by atoms with E-state index in [2.05, 4.69) is 56.6 Å². The highest BCUT2D eigenvalue weighted by atomic mass is 32.2. The highest BCUT2D eigenvalue weighted by Gasteiger charge is 2.09. The molecule has 0 spiro atoms. The van der Waals surface area contributed by atoms with Gasteiger partial charge in [0.05, 0.1) is 0 Å². The van der Waals surface area contributed by atoms with Gasteiger partial charge in [0.15, 0.2) is 0 Å². The second-order valence-corrected chi connectivity index (χ2v) is 6.14. The smallest absolute Gasteiger partial charge is 0.119 e. The van der Waals surface area contributed by atoms with Crippen LogP contribution >= 0.6 is 11.8 Å². The van der Waals surface area contributed by atoms with E-state index in [-0.39, 0.29) is 6.10 Å². The molecule has 1 atom stereocenters. The highest BCUT2D eigenvalue weighted by Crippen LogP contribution is 2.20. The van der Waals surface area contributed by atoms with Crippen LogP contribution in [0.2, 0.25) is 0 Å². The Kier molecular flexibility index (Phi) is 7.99. The van der Waals surface area contributed by atoms with E-state index in [1.54, 1.807) is 11.8 Å². The second kappa shape index (κ2) is 9.27. The van der Waals surface area contributed by atoms with Crippen molar-refractivity contribution in [2.75, 3.05) is 19.3 Å². The van der Waals surface area contributed by atoms with Gasteiger partial charge in [-0.05, 0) is 49.4 Å². The molecule has 0 radical (unpaired) electrons. The number of hydrogen-bond donors (Lipinski definition) is 1. The molecule has 1 unspecified atom stereocenters. The number of thioether (sulfide) groups is 1. The molecule has 3 heteroatoms. The Morgan fingerprint density at radius 1 is 1.16 bits per heavy atom. The van der Waals surface area contributed by atoms with Gasteiger partial charge < -0.3 is 10.1 Å². The summed E-state index contributed by atoms with van der Waals surface area (Å²) >= 11 is 1.76. The fraction of sp³-hybridized carbons (Fsp3) is 0.625. The third-order valence-electron chi connectivity index (χ3n) is 2.90. The molecule has 0 bridgehead atoms. The van der Waals surface area contributed by atoms with Gasteiger partial charge in [-0.3, -0.25) is 0 Å². The zero-order valence-corrected chi connectivity index (χ0v) is 13.4. The Balaban J connectivity index is 2.46. The third-order valence-corrected chi connectivity index (χ3v) is 3.64. The van der Waals surface area contributed by atoms with Crippen LogP contribution in [0.15, 0.2) is 29.2 Å². The van der Waals surface area contributed by atoms with Crippen molar-refractivity contribution in [3.8, 4) is 5.75 Å². The molecule has 0 aromatic heterocycles. The number of rotatable bonds is 9. The molecule has 2 nitrogen and oxygen atoms in total. The molecular formula is C16H27NOS. The van der Waals surface area contributed by atoms with Gasteiger partial charge in [0.1, 0.15) is 11.9 Å². The van der Waals surface area contributed by atoms with Crippen molar-refractivity contribution < 1.29 is 4.74 Å². The quantitative estimate of drug-likeness (QED) is 0.685. The summed E-state index contributed by atoms with van der Waals surface area (Å²) in [6.07, 6.45) is 4.60. The standard InChI is InChI=1S/C16H27NOS/c1-5-6-15(12-17-11-13(2)3)18-14-7-9-16(19-4)10-8-14/h7-10,13,15,17H,5-6,11-12H2,1-4H3. The molecule has 1 aromatic rings. The topological polar surface area (TPSA) is 21.3 Å². The van der Waals surface area contributed by atoms with E-state index in [4.69, 9.17) is 4.74 Å². The van der Waals surface area contributed by atoms with Crippen LogP contribution in [0.3, 0.4) is 0 Å². The first-order valence-electron chi connectivity index (χ1n) is 7.17. The van der Waals surface area contributed by atoms with E-state index in [0.717, 1.165) is 31.7 Å². The van der Waals surface area contributed by atoms with Crippen molar-refractivity contribution in [2.45, 2.75) is 44.6 Å². The lowest BCUT2D eigenvalue weighted by Gasteiger charge is -2.20. The van der Waals surface area contributed by atoms with Crippen LogP contribution in [-0.4, -0.2) is 25.4 Å². The highest BCUT2D eigenvalue weighted by molar-refractivity contribution is 7.98. The summed E-state index contributed by atoms with van der Waals surface area (Å²) in [4.78, 5) is 1.28. The molecule has 0 heterocycles. The van der Waals surface area contributed by atoms with Gasteiger partial charge in [-0.15, -0.1) is 11.8 Å². The summed E-state index contributed by atoms with van der Waals surface area (Å²) in [5.41, 5.74) is 0. The van der Waals surface area contributed by atoms with Crippen molar-refractivity contribution in [3.63, 3.8) is 0 Å². The maximum atomic E-state index is 6.06. The van der Waals surface area contributed by atoms with Crippen LogP contribution in [0.1, 0.15) is 33.6 Å². The summed E-state index contributed by atoms with van der Waals surface area (Å²) in [6.45, 7) is 8.63. The van der Waals surface area contributed by atoms with Gasteiger partial charge in [-0.2, -0.15) is 0 Å². The van der Waals surface area contributed by atoms with Gasteiger partial charge in [0.25, 0.3) is 0 Å². The van der Waals surface area contributed by atoms with E-state index in [9.17, 15) is 0 Å². The number of benzene rings is 1. The van der Waals surface area contributed by atoms with Crippen molar-refractivity contribution >= 4 is 11.8 Å². The largest absolute Gasteiger partial charge is 0.489 e. The molecule has 19 heavy (non-hydrogen) atoms. The summed E-state index contributed by atoms with van der Waals surface area (Å²) in [5, 5.41) is 3.48. The molecule has 0 aliphatic rings. The van der Waals surface area contributed by atoms with Gasteiger partial charge in [-0.25, -0.2) is 0 Å². The van der Waals surface area contributed by atoms with Crippen molar-refractivity contribution in [2.24, 2.45) is 5.92 Å². The maximum Gasteiger partial charge on any atom is 0.119 e. The minimum absolute atomic E-state index is 0.267. The van der Waals surface area contributed by atoms with E-state index >= 15 is 0 Å². The Hall–Kier alpha value is -0.670. The van der Waals surface area contributed by atoms with E-state index in [0.29, 0.717) is 5.92 Å². The van der Waals surface area contributed by atoms with Crippen LogP contribution in [0.5, 0.6) is 5.75 Å². The molecular weight excluding hydrogens is 254 g/mol. The fourth-order valence-corrected chi connectivity index (χ4v) is 2.31. The number of hydrogen-bond acceptors (Lipinski definition) is 3. The van der Waals surface area contributed by atoms with E-state index in [1.807, 2.05) is 0 Å². The second-order valence-electron chi connectivity index (χ2n) is 5.26. The van der Waals surface area contributed by atoms with E-state index < -0.39 is 0 Å². The summed E-state index contributed by atoms with van der Waals surface area (Å²) < 4.78 is 6.06. The molecule has 108 valence electrons. The van der Waals surface area contributed by atoms with Crippen LogP contribution < -0.4 is 10.1 Å². The summed E-state index contributed by atoms with van der Waals surface area (Å²) in [7, 11) is 0. The van der Waals surface area contributed by atoms with Crippen LogP contribution in [0.25, 0.3) is 0 Å². The molecule has 0 amide bonds. The zero-order chi connectivity index (χ0) is 14.1. The van der Waals surface area contributed by atoms with Crippen LogP contribution in [0.4, 0.5) is 0 Å². The minimum Gasteiger partial charge on any atom is -0.489 e. The van der Waals surface area contributed by atoms with Crippen LogP contribution in [-0.2, 0) is 0 Å². The SMILES string of the molecule is CCCC(CNCC(C)C)Oc1ccc(SC)cc1. The first kappa shape index (κ1) is 16.4. The molecule has 0 saturated carbocycles. The lowest BCUT2D eigenvalue weighted by molar-refractivity contribution is 0.185. The molecule has 0 aliphatic heterocycles. The first-order chi connectivity index (χ1) is 9.15. The molecule has 0 saturated heterocycles. The van der Waals surface area contributed by atoms with Crippen molar-refractivity contribution in [1.82, 2.24) is 5.32 Å². The molecule has 0 aliphatic carbocycles. The average molecular weight is 281 g/mol. The Morgan fingerprint density at radius 3 is 2.37 bits per heavy atom. The molecule has 1 N–H and O–H groups in total. The Labute approximate surface area is 122 Å². The lowest BCUT2D eigenvalue weighted by Crippen LogP contribution is -2.33. The number of ether oxygens (including phenoxy) is 1.